The lowest BCUT2D eigenvalue weighted by atomic mass is 10.1. The van der Waals surface area contributed by atoms with Crippen LogP contribution in [0.5, 0.6) is 0 Å². The van der Waals surface area contributed by atoms with Gasteiger partial charge in [0.2, 0.25) is 13.4 Å². The van der Waals surface area contributed by atoms with E-state index in [1.54, 1.807) is 4.90 Å². The first-order valence-corrected chi connectivity index (χ1v) is 10.7. The van der Waals surface area contributed by atoms with Gasteiger partial charge >= 0.3 is 5.65 Å². The van der Waals surface area contributed by atoms with Gasteiger partial charge < -0.3 is 15.1 Å². The first-order valence-electron chi connectivity index (χ1n) is 8.54. The molecule has 1 aromatic heterocycles. The molecule has 3 N–H and O–H groups in total. The van der Waals surface area contributed by atoms with Gasteiger partial charge in [0.05, 0.1) is 19.5 Å². The predicted octanol–water partition coefficient (Wildman–Crippen LogP) is 2.97. The number of rotatable bonds is 3. The van der Waals surface area contributed by atoms with E-state index < -0.39 is 13.1 Å². The van der Waals surface area contributed by atoms with E-state index in [4.69, 9.17) is 10.2 Å². The molecule has 0 aliphatic carbocycles. The van der Waals surface area contributed by atoms with E-state index in [1.165, 1.54) is 0 Å². The van der Waals surface area contributed by atoms with Crippen molar-refractivity contribution in [2.24, 2.45) is 5.73 Å². The van der Waals surface area contributed by atoms with Crippen molar-refractivity contribution >= 4 is 41.0 Å². The summed E-state index contributed by atoms with van der Waals surface area (Å²) >= 11 is 0. The second-order valence-corrected chi connectivity index (χ2v) is 9.87. The lowest BCUT2D eigenvalue weighted by Crippen LogP contribution is -2.43. The van der Waals surface area contributed by atoms with Gasteiger partial charge in [0.1, 0.15) is 23.5 Å². The number of nitrogens with two attached hydrogens (primary N) is 1. The van der Waals surface area contributed by atoms with Crippen LogP contribution in [0, 0.1) is 0 Å². The van der Waals surface area contributed by atoms with Crippen LogP contribution in [0.4, 0.5) is 4.79 Å². The maximum atomic E-state index is 12.6. The van der Waals surface area contributed by atoms with E-state index in [1.807, 2.05) is 42.5 Å². The van der Waals surface area contributed by atoms with Gasteiger partial charge in [-0.15, -0.1) is 0 Å². The van der Waals surface area contributed by atoms with Crippen LogP contribution in [-0.4, -0.2) is 46.8 Å². The zero-order valence-corrected chi connectivity index (χ0v) is 15.1. The van der Waals surface area contributed by atoms with Crippen molar-refractivity contribution in [3.05, 3.63) is 48.0 Å². The Balaban J connectivity index is 1.51. The Morgan fingerprint density at radius 1 is 1.08 bits per heavy atom. The zero-order valence-electron chi connectivity index (χ0n) is 14.2. The number of fused-ring (bicyclic) bond motifs is 3. The molecule has 0 unspecified atom stereocenters. The second-order valence-electron chi connectivity index (χ2n) is 6.69. The van der Waals surface area contributed by atoms with Crippen LogP contribution in [-0.2, 0) is 11.2 Å². The van der Waals surface area contributed by atoms with E-state index in [0.29, 0.717) is 25.4 Å². The van der Waals surface area contributed by atoms with E-state index in [9.17, 15) is 14.5 Å². The smallest absolute Gasteiger partial charge is 0.386 e. The molecule has 7 heteroatoms. The first-order chi connectivity index (χ1) is 12.5. The molecule has 134 valence electrons. The summed E-state index contributed by atoms with van der Waals surface area (Å²) < 4.78 is 5.81. The summed E-state index contributed by atoms with van der Waals surface area (Å²) in [6, 6.07) is 13.6. The van der Waals surface area contributed by atoms with Gasteiger partial charge in [0.25, 0.3) is 0 Å². The minimum absolute atomic E-state index is 0.00660. The highest BCUT2D eigenvalue weighted by atomic mass is 31.2. The van der Waals surface area contributed by atoms with Crippen LogP contribution >= 0.6 is 7.49 Å². The van der Waals surface area contributed by atoms with Crippen molar-refractivity contribution in [1.29, 1.82) is 0 Å². The van der Waals surface area contributed by atoms with Gasteiger partial charge in [-0.3, -0.25) is 4.79 Å². The standard InChI is InChI=1S/C19H19N2O4P/c20-19(23)26(24)9-7-21(8-10-26)18(22)12-13-5-6-17-15(11-13)14-3-1-2-4-16(14)25-17/h1-6,11,24H,7-10,12H2,(H-,20,23)/p+1. The van der Waals surface area contributed by atoms with E-state index in [0.717, 1.165) is 27.5 Å². The highest BCUT2D eigenvalue weighted by Gasteiger charge is 2.47. The van der Waals surface area contributed by atoms with Gasteiger partial charge in [-0.2, -0.15) is 0 Å². The van der Waals surface area contributed by atoms with Gasteiger partial charge in [-0.1, -0.05) is 24.3 Å². The van der Waals surface area contributed by atoms with Crippen molar-refractivity contribution in [3.63, 3.8) is 0 Å². The van der Waals surface area contributed by atoms with Crippen LogP contribution in [0.15, 0.2) is 46.9 Å². The molecule has 1 aliphatic rings. The average molecular weight is 371 g/mol. The van der Waals surface area contributed by atoms with E-state index in [-0.39, 0.29) is 12.3 Å². The minimum Gasteiger partial charge on any atom is -0.456 e. The second kappa shape index (κ2) is 6.38. The number of carbonyl (C=O) groups is 2. The fraction of sp³-hybridized carbons (Fsp3) is 0.263. The summed E-state index contributed by atoms with van der Waals surface area (Å²) in [6.45, 7) is 0.756. The molecule has 0 spiro atoms. The summed E-state index contributed by atoms with van der Waals surface area (Å²) in [6.07, 6.45) is 0.863. The van der Waals surface area contributed by atoms with Crippen molar-refractivity contribution < 1.29 is 18.9 Å². The molecule has 2 heterocycles. The normalized spacial score (nSPS) is 16.9. The number of hydrogen-bond acceptors (Lipinski definition) is 4. The molecular formula is C19H20N2O4P+. The predicted molar refractivity (Wildman–Crippen MR) is 102 cm³/mol. The van der Waals surface area contributed by atoms with Crippen LogP contribution < -0.4 is 5.73 Å². The number of benzene rings is 2. The third kappa shape index (κ3) is 2.96. The fourth-order valence-electron chi connectivity index (χ4n) is 3.44. The molecule has 0 radical (unpaired) electrons. The molecule has 4 rings (SSSR count). The Bertz CT molecular complexity index is 1010. The Morgan fingerprint density at radius 3 is 2.50 bits per heavy atom. The molecule has 2 aromatic carbocycles. The third-order valence-corrected chi connectivity index (χ3v) is 7.74. The molecule has 0 bridgehead atoms. The van der Waals surface area contributed by atoms with Crippen LogP contribution in [0.2, 0.25) is 0 Å². The highest BCUT2D eigenvalue weighted by molar-refractivity contribution is 7.86. The van der Waals surface area contributed by atoms with E-state index in [2.05, 4.69) is 0 Å². The molecule has 0 atom stereocenters. The van der Waals surface area contributed by atoms with Crippen molar-refractivity contribution in [1.82, 2.24) is 4.90 Å². The summed E-state index contributed by atoms with van der Waals surface area (Å²) in [4.78, 5) is 35.9. The maximum absolute atomic E-state index is 12.6. The molecule has 3 aromatic rings. The van der Waals surface area contributed by atoms with Crippen molar-refractivity contribution in [3.8, 4) is 0 Å². The molecule has 26 heavy (non-hydrogen) atoms. The molecular weight excluding hydrogens is 351 g/mol. The SMILES string of the molecule is NC(=O)[P+]1(O)CCN(C(=O)Cc2ccc3oc4ccccc4c3c2)CC1. The number of hydrogen-bond donors (Lipinski definition) is 2. The monoisotopic (exact) mass is 371 g/mol. The number of carbonyl (C=O) groups excluding carboxylic acids is 2. The Hall–Kier alpha value is -2.43. The fourth-order valence-corrected chi connectivity index (χ4v) is 5.24. The van der Waals surface area contributed by atoms with Gasteiger partial charge in [0.15, 0.2) is 0 Å². The van der Waals surface area contributed by atoms with Gasteiger partial charge in [-0.05, 0) is 23.8 Å². The average Bonchev–Trinajstić information content (AvgIpc) is 3.00. The third-order valence-electron chi connectivity index (χ3n) is 5.04. The summed E-state index contributed by atoms with van der Waals surface area (Å²) in [5.41, 5.74) is 7.22. The zero-order chi connectivity index (χ0) is 18.3. The Kier molecular flexibility index (Phi) is 4.17. The Morgan fingerprint density at radius 2 is 1.77 bits per heavy atom. The van der Waals surface area contributed by atoms with Crippen molar-refractivity contribution in [2.75, 3.05) is 25.4 Å². The molecule has 1 saturated heterocycles. The molecule has 6 nitrogen and oxygen atoms in total. The first kappa shape index (κ1) is 17.0. The highest BCUT2D eigenvalue weighted by Crippen LogP contribution is 2.55. The molecule has 0 saturated carbocycles. The van der Waals surface area contributed by atoms with E-state index >= 15 is 0 Å². The molecule has 2 amide bonds. The lowest BCUT2D eigenvalue weighted by Gasteiger charge is -2.30. The number of para-hydroxylation sites is 1. The quantitative estimate of drug-likeness (QED) is 0.692. The van der Waals surface area contributed by atoms with Crippen LogP contribution in [0.25, 0.3) is 21.9 Å². The van der Waals surface area contributed by atoms with Crippen LogP contribution in [0.1, 0.15) is 5.56 Å². The number of amides is 2. The van der Waals surface area contributed by atoms with Crippen LogP contribution in [0.3, 0.4) is 0 Å². The molecule has 1 aliphatic heterocycles. The maximum Gasteiger partial charge on any atom is 0.386 e. The number of primary amides is 1. The summed E-state index contributed by atoms with van der Waals surface area (Å²) in [5, 5.41) is 2.03. The lowest BCUT2D eigenvalue weighted by molar-refractivity contribution is -0.130. The van der Waals surface area contributed by atoms with Crippen molar-refractivity contribution in [2.45, 2.75) is 6.42 Å². The largest absolute Gasteiger partial charge is 0.456 e. The Labute approximate surface area is 151 Å². The minimum atomic E-state index is -2.71. The van der Waals surface area contributed by atoms with Gasteiger partial charge in [-0.25, -0.2) is 9.69 Å². The topological polar surface area (TPSA) is 96.8 Å². The van der Waals surface area contributed by atoms with Gasteiger partial charge in [0, 0.05) is 10.8 Å². The summed E-state index contributed by atoms with van der Waals surface area (Å²) in [7, 11) is -2.71. The number of furan rings is 1. The number of nitrogens with zero attached hydrogens (tertiary/aromatic N) is 1. The molecule has 1 fully saturated rings. The summed E-state index contributed by atoms with van der Waals surface area (Å²) in [5.74, 6) is -0.00660.